The fraction of sp³-hybridized carbons (Fsp3) is 0.231. The van der Waals surface area contributed by atoms with Gasteiger partial charge >= 0.3 is 0 Å². The second-order valence-electron chi connectivity index (χ2n) is 4.16. The summed E-state index contributed by atoms with van der Waals surface area (Å²) in [5.41, 5.74) is 1.00. The maximum absolute atomic E-state index is 12.1. The molecule has 6 heteroatoms. The summed E-state index contributed by atoms with van der Waals surface area (Å²) < 4.78 is 32.5. The monoisotopic (exact) mass is 343 g/mol. The van der Waals surface area contributed by atoms with Gasteiger partial charge in [0.2, 0.25) is 10.0 Å². The van der Waals surface area contributed by atoms with E-state index in [0.29, 0.717) is 17.4 Å². The number of sulfonamides is 1. The van der Waals surface area contributed by atoms with Crippen LogP contribution in [0, 0.1) is 6.92 Å². The third-order valence-electron chi connectivity index (χ3n) is 2.62. The lowest BCUT2D eigenvalue weighted by molar-refractivity contribution is 0.506. The summed E-state index contributed by atoms with van der Waals surface area (Å²) in [7, 11) is -3.50. The van der Waals surface area contributed by atoms with Crippen LogP contribution < -0.4 is 4.72 Å². The molecule has 0 aliphatic heterocycles. The van der Waals surface area contributed by atoms with Crippen LogP contribution in [0.1, 0.15) is 11.3 Å². The Labute approximate surface area is 121 Å². The zero-order valence-electron chi connectivity index (χ0n) is 10.4. The van der Waals surface area contributed by atoms with Crippen molar-refractivity contribution in [1.82, 2.24) is 4.72 Å². The number of benzene rings is 1. The predicted molar refractivity (Wildman–Crippen MR) is 76.5 cm³/mol. The molecule has 0 saturated carbocycles. The number of hydrogen-bond acceptors (Lipinski definition) is 3. The number of halogens is 1. The molecule has 1 heterocycles. The lowest BCUT2D eigenvalue weighted by atomic mass is 10.2. The average Bonchev–Trinajstić information content (AvgIpc) is 2.81. The highest BCUT2D eigenvalue weighted by Crippen LogP contribution is 2.22. The van der Waals surface area contributed by atoms with Crippen LogP contribution in [0.3, 0.4) is 0 Å². The van der Waals surface area contributed by atoms with Crippen molar-refractivity contribution in [2.75, 3.05) is 6.54 Å². The summed E-state index contributed by atoms with van der Waals surface area (Å²) in [6.45, 7) is 2.21. The smallest absolute Gasteiger partial charge is 0.241 e. The Bertz CT molecular complexity index is 651. The maximum atomic E-state index is 12.1. The van der Waals surface area contributed by atoms with Crippen LogP contribution in [0.4, 0.5) is 0 Å². The predicted octanol–water partition coefficient (Wildman–Crippen LogP) is 2.87. The van der Waals surface area contributed by atoms with Crippen molar-refractivity contribution in [1.29, 1.82) is 0 Å². The summed E-state index contributed by atoms with van der Waals surface area (Å²) in [4.78, 5) is 0.248. The summed E-state index contributed by atoms with van der Waals surface area (Å²) >= 11 is 3.28. The van der Waals surface area contributed by atoms with Crippen molar-refractivity contribution in [3.63, 3.8) is 0 Å². The van der Waals surface area contributed by atoms with E-state index < -0.39 is 10.0 Å². The van der Waals surface area contributed by atoms with Crippen LogP contribution in [-0.4, -0.2) is 15.0 Å². The van der Waals surface area contributed by atoms with Crippen LogP contribution >= 0.6 is 15.9 Å². The fourth-order valence-electron chi connectivity index (χ4n) is 1.66. The molecule has 1 N–H and O–H groups in total. The topological polar surface area (TPSA) is 59.3 Å². The number of nitrogens with one attached hydrogen (secondary N) is 1. The van der Waals surface area contributed by atoms with Gasteiger partial charge in [0.25, 0.3) is 0 Å². The molecule has 19 heavy (non-hydrogen) atoms. The second kappa shape index (κ2) is 5.90. The summed E-state index contributed by atoms with van der Waals surface area (Å²) in [6, 6.07) is 8.73. The van der Waals surface area contributed by atoms with E-state index in [2.05, 4.69) is 20.7 Å². The Morgan fingerprint density at radius 2 is 2.11 bits per heavy atom. The molecule has 1 aromatic heterocycles. The molecule has 0 aliphatic carbocycles. The number of aryl methyl sites for hydroxylation is 1. The van der Waals surface area contributed by atoms with Gasteiger partial charge in [0, 0.05) is 17.4 Å². The van der Waals surface area contributed by atoms with Crippen molar-refractivity contribution < 1.29 is 12.8 Å². The zero-order valence-corrected chi connectivity index (χ0v) is 12.8. The molecule has 0 saturated heterocycles. The van der Waals surface area contributed by atoms with E-state index in [-0.39, 0.29) is 4.90 Å². The van der Waals surface area contributed by atoms with Gasteiger partial charge in [-0.2, -0.15) is 0 Å². The summed E-state index contributed by atoms with van der Waals surface area (Å²) in [6.07, 6.45) is 2.09. The minimum Gasteiger partial charge on any atom is -0.469 e. The molecular formula is C13H14BrNO3S. The molecule has 0 bridgehead atoms. The van der Waals surface area contributed by atoms with Gasteiger partial charge in [0.05, 0.1) is 11.2 Å². The van der Waals surface area contributed by atoms with E-state index in [0.717, 1.165) is 11.3 Å². The molecule has 0 aliphatic rings. The zero-order chi connectivity index (χ0) is 13.9. The Morgan fingerprint density at radius 1 is 1.32 bits per heavy atom. The summed E-state index contributed by atoms with van der Waals surface area (Å²) in [5, 5.41) is 0. The first kappa shape index (κ1) is 14.3. The van der Waals surface area contributed by atoms with Gasteiger partial charge in [-0.05, 0) is 52.7 Å². The van der Waals surface area contributed by atoms with Crippen molar-refractivity contribution in [2.24, 2.45) is 0 Å². The third-order valence-corrected chi connectivity index (χ3v) is 5.06. The minimum atomic E-state index is -3.50. The molecule has 0 amide bonds. The van der Waals surface area contributed by atoms with Crippen LogP contribution in [-0.2, 0) is 16.4 Å². The number of rotatable bonds is 5. The third kappa shape index (κ3) is 3.68. The molecular weight excluding hydrogens is 330 g/mol. The molecule has 0 unspecified atom stereocenters. The van der Waals surface area contributed by atoms with Crippen molar-refractivity contribution in [3.8, 4) is 0 Å². The average molecular weight is 344 g/mol. The van der Waals surface area contributed by atoms with Gasteiger partial charge in [-0.1, -0.05) is 6.07 Å². The highest BCUT2D eigenvalue weighted by molar-refractivity contribution is 9.10. The second-order valence-corrected chi connectivity index (χ2v) is 6.75. The highest BCUT2D eigenvalue weighted by atomic mass is 79.9. The van der Waals surface area contributed by atoms with Crippen LogP contribution in [0.15, 0.2) is 50.4 Å². The van der Waals surface area contributed by atoms with E-state index in [9.17, 15) is 8.42 Å². The van der Waals surface area contributed by atoms with E-state index >= 15 is 0 Å². The number of hydrogen-bond donors (Lipinski definition) is 1. The van der Waals surface area contributed by atoms with Gasteiger partial charge in [-0.3, -0.25) is 0 Å². The fourth-order valence-corrected chi connectivity index (χ4v) is 3.89. The molecule has 0 fully saturated rings. The molecule has 1 aromatic carbocycles. The maximum Gasteiger partial charge on any atom is 0.241 e. The number of furan rings is 1. The van der Waals surface area contributed by atoms with Gasteiger partial charge in [-0.15, -0.1) is 0 Å². The van der Waals surface area contributed by atoms with E-state index in [4.69, 9.17) is 4.42 Å². The van der Waals surface area contributed by atoms with Crippen LogP contribution in [0.25, 0.3) is 0 Å². The first-order chi connectivity index (χ1) is 8.99. The molecule has 2 aromatic rings. The van der Waals surface area contributed by atoms with Crippen molar-refractivity contribution in [2.45, 2.75) is 18.2 Å². The SMILES string of the molecule is Cc1ccc(S(=O)(=O)NCCc2ccco2)c(Br)c1. The Morgan fingerprint density at radius 3 is 2.74 bits per heavy atom. The Balaban J connectivity index is 2.05. The molecule has 102 valence electrons. The first-order valence-electron chi connectivity index (χ1n) is 5.77. The van der Waals surface area contributed by atoms with Gasteiger partial charge in [0.15, 0.2) is 0 Å². The minimum absolute atomic E-state index is 0.248. The Hall–Kier alpha value is -1.11. The first-order valence-corrected chi connectivity index (χ1v) is 8.05. The highest BCUT2D eigenvalue weighted by Gasteiger charge is 2.17. The normalized spacial score (nSPS) is 11.7. The van der Waals surface area contributed by atoms with Gasteiger partial charge in [0.1, 0.15) is 5.76 Å². The van der Waals surface area contributed by atoms with Gasteiger partial charge < -0.3 is 4.42 Å². The lowest BCUT2D eigenvalue weighted by Crippen LogP contribution is -2.26. The molecule has 4 nitrogen and oxygen atoms in total. The standard InChI is InChI=1S/C13H14BrNO3S/c1-10-4-5-13(12(14)9-10)19(16,17)15-7-6-11-3-2-8-18-11/h2-5,8-9,15H,6-7H2,1H3. The Kier molecular flexibility index (Phi) is 4.44. The van der Waals surface area contributed by atoms with Crippen molar-refractivity contribution >= 4 is 26.0 Å². The van der Waals surface area contributed by atoms with E-state index in [1.54, 1.807) is 30.5 Å². The van der Waals surface area contributed by atoms with Crippen molar-refractivity contribution in [3.05, 3.63) is 52.4 Å². The van der Waals surface area contributed by atoms with Gasteiger partial charge in [-0.25, -0.2) is 13.1 Å². The van der Waals surface area contributed by atoms with E-state index in [1.165, 1.54) is 0 Å². The largest absolute Gasteiger partial charge is 0.469 e. The molecule has 0 radical (unpaired) electrons. The van der Waals surface area contributed by atoms with Crippen LogP contribution in [0.2, 0.25) is 0 Å². The van der Waals surface area contributed by atoms with Crippen LogP contribution in [0.5, 0.6) is 0 Å². The lowest BCUT2D eigenvalue weighted by Gasteiger charge is -2.08. The molecule has 2 rings (SSSR count). The quantitative estimate of drug-likeness (QED) is 0.907. The molecule has 0 spiro atoms. The molecule has 0 atom stereocenters. The van der Waals surface area contributed by atoms with E-state index in [1.807, 2.05) is 13.0 Å². The summed E-state index contributed by atoms with van der Waals surface area (Å²) in [5.74, 6) is 0.755.